The van der Waals surface area contributed by atoms with E-state index in [4.69, 9.17) is 14.2 Å². The summed E-state index contributed by atoms with van der Waals surface area (Å²) >= 11 is 0. The number of hydrogen-bond donors (Lipinski definition) is 0. The molecule has 5 fully saturated rings. The smallest absolute Gasteiger partial charge is 0.312 e. The maximum Gasteiger partial charge on any atom is 0.312 e. The topological polar surface area (TPSA) is 61.8 Å². The molecule has 3 saturated heterocycles. The van der Waals surface area contributed by atoms with Crippen LogP contribution in [-0.2, 0) is 23.8 Å². The van der Waals surface area contributed by atoms with Gasteiger partial charge in [0.25, 0.3) is 0 Å². The van der Waals surface area contributed by atoms with Crippen molar-refractivity contribution in [2.45, 2.75) is 83.0 Å². The summed E-state index contributed by atoms with van der Waals surface area (Å²) in [4.78, 5) is 24.5. The van der Waals surface area contributed by atoms with Crippen molar-refractivity contribution in [3.8, 4) is 0 Å². The van der Waals surface area contributed by atoms with Crippen LogP contribution >= 0.6 is 0 Å². The zero-order valence-electron chi connectivity index (χ0n) is 15.4. The fourth-order valence-electron chi connectivity index (χ4n) is 7.44. The predicted octanol–water partition coefficient (Wildman–Crippen LogP) is 3.00. The number of ether oxygens (including phenoxy) is 3. The maximum absolute atomic E-state index is 12.7. The summed E-state index contributed by atoms with van der Waals surface area (Å²) in [7, 11) is 0. The van der Waals surface area contributed by atoms with Gasteiger partial charge in [0, 0.05) is 11.3 Å². The second kappa shape index (κ2) is 4.59. The Kier molecular flexibility index (Phi) is 2.96. The Balaban J connectivity index is 1.59. The Morgan fingerprint density at radius 3 is 2.60 bits per heavy atom. The van der Waals surface area contributed by atoms with E-state index in [1.54, 1.807) is 0 Å². The molecule has 5 heteroatoms. The number of rotatable bonds is 0. The van der Waals surface area contributed by atoms with Gasteiger partial charge in [0.15, 0.2) is 0 Å². The van der Waals surface area contributed by atoms with E-state index >= 15 is 0 Å². The van der Waals surface area contributed by atoms with Crippen molar-refractivity contribution in [3.05, 3.63) is 0 Å². The van der Waals surface area contributed by atoms with E-state index in [1.165, 1.54) is 0 Å². The Morgan fingerprint density at radius 2 is 1.88 bits per heavy atom. The van der Waals surface area contributed by atoms with Gasteiger partial charge in [-0.25, -0.2) is 0 Å². The van der Waals surface area contributed by atoms with Gasteiger partial charge in [0.2, 0.25) is 0 Å². The van der Waals surface area contributed by atoms with Crippen LogP contribution in [0.1, 0.15) is 65.7 Å². The van der Waals surface area contributed by atoms with Crippen LogP contribution in [0.3, 0.4) is 0 Å². The summed E-state index contributed by atoms with van der Waals surface area (Å²) in [5, 5.41) is 0. The molecule has 25 heavy (non-hydrogen) atoms. The van der Waals surface area contributed by atoms with Gasteiger partial charge in [-0.15, -0.1) is 0 Å². The Bertz CT molecular complexity index is 660. The molecule has 7 atom stereocenters. The molecular weight excluding hydrogens is 320 g/mol. The minimum Gasteiger partial charge on any atom is -0.463 e. The molecule has 5 nitrogen and oxygen atoms in total. The lowest BCUT2D eigenvalue weighted by atomic mass is 9.44. The van der Waals surface area contributed by atoms with Crippen LogP contribution in [0.4, 0.5) is 0 Å². The molecule has 0 aromatic rings. The van der Waals surface area contributed by atoms with E-state index < -0.39 is 5.60 Å². The molecule has 0 bridgehead atoms. The van der Waals surface area contributed by atoms with Crippen LogP contribution in [-0.4, -0.2) is 35.9 Å². The lowest BCUT2D eigenvalue weighted by Gasteiger charge is -2.62. The third kappa shape index (κ3) is 1.74. The van der Waals surface area contributed by atoms with E-state index in [-0.39, 0.29) is 40.4 Å². The number of esters is 2. The summed E-state index contributed by atoms with van der Waals surface area (Å²) < 4.78 is 18.0. The minimum absolute atomic E-state index is 0.00948. The first-order valence-electron chi connectivity index (χ1n) is 9.82. The molecule has 138 valence electrons. The number of carbonyl (C=O) groups is 2. The quantitative estimate of drug-likeness (QED) is 0.630. The first kappa shape index (κ1) is 16.1. The van der Waals surface area contributed by atoms with Crippen LogP contribution in [0.5, 0.6) is 0 Å². The van der Waals surface area contributed by atoms with Crippen molar-refractivity contribution in [2.24, 2.45) is 22.7 Å². The molecule has 0 aromatic carbocycles. The minimum atomic E-state index is -0.446. The van der Waals surface area contributed by atoms with Gasteiger partial charge >= 0.3 is 11.9 Å². The summed E-state index contributed by atoms with van der Waals surface area (Å²) in [6.45, 7) is 7.07. The van der Waals surface area contributed by atoms with Crippen molar-refractivity contribution < 1.29 is 23.8 Å². The van der Waals surface area contributed by atoms with Gasteiger partial charge < -0.3 is 14.2 Å². The molecule has 2 saturated carbocycles. The molecule has 0 radical (unpaired) electrons. The van der Waals surface area contributed by atoms with Crippen LogP contribution in [0, 0.1) is 22.7 Å². The molecule has 3 heterocycles. The molecule has 2 spiro atoms. The SMILES string of the molecule is C[C@@H]1CC2OC(=O)[C@@]3(C)CCC[C@@](C)(C23)[C@@]12CC[C@@]1(COC(=O)C1)O2. The highest BCUT2D eigenvalue weighted by Gasteiger charge is 2.74. The Hall–Kier alpha value is -1.10. The van der Waals surface area contributed by atoms with E-state index in [0.29, 0.717) is 18.9 Å². The van der Waals surface area contributed by atoms with Crippen molar-refractivity contribution in [1.29, 1.82) is 0 Å². The van der Waals surface area contributed by atoms with E-state index in [9.17, 15) is 9.59 Å². The lowest BCUT2D eigenvalue weighted by molar-refractivity contribution is -0.251. The highest BCUT2D eigenvalue weighted by atomic mass is 16.6. The molecule has 2 aliphatic carbocycles. The van der Waals surface area contributed by atoms with Gasteiger partial charge in [-0.3, -0.25) is 9.59 Å². The zero-order valence-corrected chi connectivity index (χ0v) is 15.4. The van der Waals surface area contributed by atoms with E-state index in [2.05, 4.69) is 20.8 Å². The zero-order chi connectivity index (χ0) is 17.7. The highest BCUT2D eigenvalue weighted by Crippen LogP contribution is 2.70. The maximum atomic E-state index is 12.7. The van der Waals surface area contributed by atoms with E-state index in [1.807, 2.05) is 0 Å². The molecule has 2 unspecified atom stereocenters. The Morgan fingerprint density at radius 1 is 1.08 bits per heavy atom. The van der Waals surface area contributed by atoms with Crippen molar-refractivity contribution in [2.75, 3.05) is 6.61 Å². The second-order valence-corrected chi connectivity index (χ2v) is 9.76. The van der Waals surface area contributed by atoms with Crippen LogP contribution < -0.4 is 0 Å². The van der Waals surface area contributed by atoms with Gasteiger partial charge in [-0.05, 0) is 44.9 Å². The molecule has 0 amide bonds. The monoisotopic (exact) mass is 348 g/mol. The second-order valence-electron chi connectivity index (χ2n) is 9.76. The summed E-state index contributed by atoms with van der Waals surface area (Å²) in [5.41, 5.74) is -1.20. The predicted molar refractivity (Wildman–Crippen MR) is 88.6 cm³/mol. The van der Waals surface area contributed by atoms with Gasteiger partial charge in [-0.2, -0.15) is 0 Å². The number of hydrogen-bond acceptors (Lipinski definition) is 5. The van der Waals surface area contributed by atoms with Gasteiger partial charge in [0.05, 0.1) is 17.4 Å². The standard InChI is InChI=1S/C20H28O5/c1-12-9-13-15-17(2,16(22)24-13)5-4-6-18(15,3)20(12)8-7-19(25-20)10-14(21)23-11-19/h12-13,15H,4-11H2,1-3H3/t12-,13?,15?,17+,18+,19-,20-/m1/s1. The third-order valence-electron chi connectivity index (χ3n) is 8.52. The first-order chi connectivity index (χ1) is 11.7. The third-order valence-corrected chi connectivity index (χ3v) is 8.52. The van der Waals surface area contributed by atoms with Crippen LogP contribution in [0.2, 0.25) is 0 Å². The fraction of sp³-hybridized carbons (Fsp3) is 0.900. The van der Waals surface area contributed by atoms with Crippen LogP contribution in [0.15, 0.2) is 0 Å². The number of cyclic esters (lactones) is 1. The fourth-order valence-corrected chi connectivity index (χ4v) is 7.44. The average molecular weight is 348 g/mol. The summed E-state index contributed by atoms with van der Waals surface area (Å²) in [5.74, 6) is 0.369. The molecule has 5 aliphatic rings. The lowest BCUT2D eigenvalue weighted by Crippen LogP contribution is -2.65. The number of carbonyl (C=O) groups excluding carboxylic acids is 2. The van der Waals surface area contributed by atoms with Gasteiger partial charge in [0.1, 0.15) is 18.3 Å². The summed E-state index contributed by atoms with van der Waals surface area (Å²) in [6.07, 6.45) is 6.10. The molecule has 3 aliphatic heterocycles. The summed E-state index contributed by atoms with van der Waals surface area (Å²) in [6, 6.07) is 0. The van der Waals surface area contributed by atoms with Crippen molar-refractivity contribution in [3.63, 3.8) is 0 Å². The molecular formula is C20H28O5. The van der Waals surface area contributed by atoms with Gasteiger partial charge in [-0.1, -0.05) is 20.3 Å². The Labute approximate surface area is 148 Å². The van der Waals surface area contributed by atoms with Crippen molar-refractivity contribution >= 4 is 11.9 Å². The average Bonchev–Trinajstić information content (AvgIpc) is 3.17. The molecule has 0 N–H and O–H groups in total. The van der Waals surface area contributed by atoms with Crippen LogP contribution in [0.25, 0.3) is 0 Å². The molecule has 5 rings (SSSR count). The number of fused-ring (bicyclic) bond motifs is 1. The first-order valence-corrected chi connectivity index (χ1v) is 9.82. The van der Waals surface area contributed by atoms with E-state index in [0.717, 1.165) is 38.5 Å². The van der Waals surface area contributed by atoms with Crippen molar-refractivity contribution in [1.82, 2.24) is 0 Å². The normalized spacial score (nSPS) is 57.0. The largest absolute Gasteiger partial charge is 0.463 e. The molecule has 0 aromatic heterocycles. The highest BCUT2D eigenvalue weighted by molar-refractivity contribution is 5.80.